The first kappa shape index (κ1) is 14.5. The van der Waals surface area contributed by atoms with E-state index in [0.29, 0.717) is 18.6 Å². The van der Waals surface area contributed by atoms with Gasteiger partial charge in [0.05, 0.1) is 19.3 Å². The van der Waals surface area contributed by atoms with Gasteiger partial charge in [-0.2, -0.15) is 5.10 Å². The molecule has 1 aromatic heterocycles. The molecule has 0 aliphatic heterocycles. The molecule has 0 aromatic carbocycles. The Balaban J connectivity index is 2.05. The summed E-state index contributed by atoms with van der Waals surface area (Å²) in [7, 11) is 0. The van der Waals surface area contributed by atoms with E-state index in [1.165, 1.54) is 30.5 Å². The van der Waals surface area contributed by atoms with Gasteiger partial charge in [0.2, 0.25) is 0 Å². The van der Waals surface area contributed by atoms with Crippen molar-refractivity contribution in [3.05, 3.63) is 17.5 Å². The number of rotatable bonds is 6. The van der Waals surface area contributed by atoms with Crippen LogP contribution in [0.5, 0.6) is 0 Å². The molecule has 2 rings (SSSR count). The fourth-order valence-corrected chi connectivity index (χ4v) is 3.20. The Morgan fingerprint density at radius 3 is 2.95 bits per heavy atom. The molecule has 1 aliphatic carbocycles. The van der Waals surface area contributed by atoms with Gasteiger partial charge in [0, 0.05) is 23.3 Å². The van der Waals surface area contributed by atoms with Gasteiger partial charge in [0.15, 0.2) is 0 Å². The molecule has 0 saturated carbocycles. The molecule has 0 bridgehead atoms. The Hall–Kier alpha value is -0.870. The minimum atomic E-state index is 0.163. The number of aromatic nitrogens is 2. The van der Waals surface area contributed by atoms with E-state index < -0.39 is 0 Å². The van der Waals surface area contributed by atoms with Crippen LogP contribution in [-0.4, -0.2) is 27.5 Å². The average molecular weight is 265 g/mol. The Labute approximate surface area is 116 Å². The largest absolute Gasteiger partial charge is 0.394 e. The summed E-state index contributed by atoms with van der Waals surface area (Å²) >= 11 is 0. The van der Waals surface area contributed by atoms with Crippen LogP contribution in [0.1, 0.15) is 57.3 Å². The maximum atomic E-state index is 9.07. The van der Waals surface area contributed by atoms with Gasteiger partial charge in [-0.05, 0) is 38.5 Å². The second-order valence-corrected chi connectivity index (χ2v) is 6.14. The topological polar surface area (TPSA) is 50.1 Å². The first-order valence-corrected chi connectivity index (χ1v) is 7.53. The predicted octanol–water partition coefficient (Wildman–Crippen LogP) is 2.28. The minimum Gasteiger partial charge on any atom is -0.394 e. The number of nitrogens with one attached hydrogen (secondary N) is 1. The first-order valence-electron chi connectivity index (χ1n) is 7.53. The maximum absolute atomic E-state index is 9.07. The zero-order chi connectivity index (χ0) is 13.8. The Kier molecular flexibility index (Phi) is 4.99. The van der Waals surface area contributed by atoms with Crippen molar-refractivity contribution in [1.82, 2.24) is 15.1 Å². The van der Waals surface area contributed by atoms with Crippen molar-refractivity contribution in [2.24, 2.45) is 5.92 Å². The van der Waals surface area contributed by atoms with Gasteiger partial charge >= 0.3 is 0 Å². The molecule has 0 saturated heterocycles. The van der Waals surface area contributed by atoms with Crippen LogP contribution in [0, 0.1) is 5.92 Å². The van der Waals surface area contributed by atoms with E-state index in [4.69, 9.17) is 5.11 Å². The standard InChI is InChI=1S/C15H27N3O/c1-11(2)9-12(3)17-14-5-4-6-15-13(14)10-16-18(15)7-8-19/h10-12,14,17,19H,4-9H2,1-3H3/t12-,14+/m0/s1. The summed E-state index contributed by atoms with van der Waals surface area (Å²) in [5.74, 6) is 0.725. The lowest BCUT2D eigenvalue weighted by Crippen LogP contribution is -2.33. The van der Waals surface area contributed by atoms with Crippen LogP contribution >= 0.6 is 0 Å². The molecular formula is C15H27N3O. The van der Waals surface area contributed by atoms with Crippen molar-refractivity contribution in [2.75, 3.05) is 6.61 Å². The van der Waals surface area contributed by atoms with Crippen LogP contribution in [0.4, 0.5) is 0 Å². The fourth-order valence-electron chi connectivity index (χ4n) is 3.20. The lowest BCUT2D eigenvalue weighted by atomic mass is 9.91. The van der Waals surface area contributed by atoms with Gasteiger partial charge in [0.25, 0.3) is 0 Å². The molecule has 0 fully saturated rings. The number of fused-ring (bicyclic) bond motifs is 1. The molecule has 0 amide bonds. The summed E-state index contributed by atoms with van der Waals surface area (Å²) in [6, 6.07) is 0.974. The average Bonchev–Trinajstić information content (AvgIpc) is 2.73. The SMILES string of the molecule is CC(C)C[C@H](C)N[C@@H]1CCCc2c1cnn2CCO. The molecule has 0 unspecified atom stereocenters. The van der Waals surface area contributed by atoms with Crippen molar-refractivity contribution in [3.8, 4) is 0 Å². The lowest BCUT2D eigenvalue weighted by molar-refractivity contribution is 0.266. The Bertz CT molecular complexity index is 400. The fraction of sp³-hybridized carbons (Fsp3) is 0.800. The van der Waals surface area contributed by atoms with Gasteiger partial charge in [-0.15, -0.1) is 0 Å². The van der Waals surface area contributed by atoms with Crippen LogP contribution in [-0.2, 0) is 13.0 Å². The number of aliphatic hydroxyl groups is 1. The van der Waals surface area contributed by atoms with Crippen molar-refractivity contribution in [2.45, 2.75) is 65.1 Å². The van der Waals surface area contributed by atoms with Crippen molar-refractivity contribution in [3.63, 3.8) is 0 Å². The van der Waals surface area contributed by atoms with Crippen molar-refractivity contribution < 1.29 is 5.11 Å². The Morgan fingerprint density at radius 2 is 2.26 bits per heavy atom. The van der Waals surface area contributed by atoms with Crippen LogP contribution in [0.3, 0.4) is 0 Å². The highest BCUT2D eigenvalue weighted by atomic mass is 16.3. The quantitative estimate of drug-likeness (QED) is 0.829. The molecule has 1 aliphatic rings. The van der Waals surface area contributed by atoms with E-state index in [0.717, 1.165) is 12.3 Å². The minimum absolute atomic E-state index is 0.163. The first-order chi connectivity index (χ1) is 9.11. The number of hydrogen-bond donors (Lipinski definition) is 2. The van der Waals surface area contributed by atoms with Gasteiger partial charge in [-0.25, -0.2) is 0 Å². The summed E-state index contributed by atoms with van der Waals surface area (Å²) in [4.78, 5) is 0. The maximum Gasteiger partial charge on any atom is 0.0644 e. The van der Waals surface area contributed by atoms with Gasteiger partial charge in [-0.3, -0.25) is 4.68 Å². The van der Waals surface area contributed by atoms with E-state index >= 15 is 0 Å². The second kappa shape index (κ2) is 6.53. The highest BCUT2D eigenvalue weighted by molar-refractivity contribution is 5.25. The monoisotopic (exact) mass is 265 g/mol. The van der Waals surface area contributed by atoms with Crippen molar-refractivity contribution >= 4 is 0 Å². The van der Waals surface area contributed by atoms with Crippen LogP contribution in [0.25, 0.3) is 0 Å². The van der Waals surface area contributed by atoms with E-state index in [1.54, 1.807) is 0 Å². The predicted molar refractivity (Wildman–Crippen MR) is 77.0 cm³/mol. The van der Waals surface area contributed by atoms with E-state index in [1.807, 2.05) is 10.9 Å². The normalized spacial score (nSPS) is 20.6. The van der Waals surface area contributed by atoms with E-state index in [-0.39, 0.29) is 6.61 Å². The van der Waals surface area contributed by atoms with E-state index in [2.05, 4.69) is 31.2 Å². The Morgan fingerprint density at radius 1 is 1.47 bits per heavy atom. The molecular weight excluding hydrogens is 238 g/mol. The molecule has 4 nitrogen and oxygen atoms in total. The van der Waals surface area contributed by atoms with E-state index in [9.17, 15) is 0 Å². The van der Waals surface area contributed by atoms with Gasteiger partial charge in [0.1, 0.15) is 0 Å². The highest BCUT2D eigenvalue weighted by Gasteiger charge is 2.25. The molecule has 2 atom stereocenters. The smallest absolute Gasteiger partial charge is 0.0644 e. The summed E-state index contributed by atoms with van der Waals surface area (Å²) in [5.41, 5.74) is 2.66. The third kappa shape index (κ3) is 3.57. The summed E-state index contributed by atoms with van der Waals surface area (Å²) in [6.07, 6.45) is 6.68. The third-order valence-corrected chi connectivity index (χ3v) is 3.89. The second-order valence-electron chi connectivity index (χ2n) is 6.14. The van der Waals surface area contributed by atoms with Crippen LogP contribution in [0.2, 0.25) is 0 Å². The molecule has 1 aromatic rings. The van der Waals surface area contributed by atoms with Gasteiger partial charge in [-0.1, -0.05) is 13.8 Å². The molecule has 19 heavy (non-hydrogen) atoms. The number of aliphatic hydroxyl groups excluding tert-OH is 1. The molecule has 1 heterocycles. The summed E-state index contributed by atoms with van der Waals surface area (Å²) in [5, 5.41) is 17.2. The number of hydrogen-bond acceptors (Lipinski definition) is 3. The zero-order valence-corrected chi connectivity index (χ0v) is 12.4. The molecule has 108 valence electrons. The highest BCUT2D eigenvalue weighted by Crippen LogP contribution is 2.30. The van der Waals surface area contributed by atoms with Crippen LogP contribution in [0.15, 0.2) is 6.20 Å². The van der Waals surface area contributed by atoms with Gasteiger partial charge < -0.3 is 10.4 Å². The molecule has 2 N–H and O–H groups in total. The van der Waals surface area contributed by atoms with Crippen molar-refractivity contribution in [1.29, 1.82) is 0 Å². The lowest BCUT2D eigenvalue weighted by Gasteiger charge is -2.28. The zero-order valence-electron chi connectivity index (χ0n) is 12.4. The number of nitrogens with zero attached hydrogens (tertiary/aromatic N) is 2. The summed E-state index contributed by atoms with van der Waals surface area (Å²) < 4.78 is 1.97. The molecule has 0 spiro atoms. The molecule has 4 heteroatoms. The molecule has 0 radical (unpaired) electrons. The third-order valence-electron chi connectivity index (χ3n) is 3.89. The summed E-state index contributed by atoms with van der Waals surface area (Å²) in [6.45, 7) is 7.58. The van der Waals surface area contributed by atoms with Crippen LogP contribution < -0.4 is 5.32 Å².